The SMILES string of the molecule is CNC(=O)c1cc(Oc2ccc3nc(N[C@H](C)C4CCCCC4)ccc3c2)ccn1. The van der Waals surface area contributed by atoms with Gasteiger partial charge in [0.25, 0.3) is 5.91 Å². The van der Waals surface area contributed by atoms with Gasteiger partial charge in [0.1, 0.15) is 23.0 Å². The molecule has 1 atom stereocenters. The third-order valence-corrected chi connectivity index (χ3v) is 5.82. The molecule has 0 saturated heterocycles. The number of hydrogen-bond donors (Lipinski definition) is 2. The van der Waals surface area contributed by atoms with E-state index in [0.717, 1.165) is 22.6 Å². The predicted molar refractivity (Wildman–Crippen MR) is 119 cm³/mol. The fourth-order valence-electron chi connectivity index (χ4n) is 4.10. The van der Waals surface area contributed by atoms with Crippen LogP contribution in [0.4, 0.5) is 5.82 Å². The highest BCUT2D eigenvalue weighted by atomic mass is 16.5. The van der Waals surface area contributed by atoms with Crippen molar-refractivity contribution in [1.29, 1.82) is 0 Å². The fraction of sp³-hybridized carbons (Fsp3) is 0.375. The minimum absolute atomic E-state index is 0.245. The number of ether oxygens (including phenoxy) is 1. The molecule has 1 amide bonds. The lowest BCUT2D eigenvalue weighted by Gasteiger charge is -2.28. The molecule has 0 unspecified atom stereocenters. The van der Waals surface area contributed by atoms with Crippen molar-refractivity contribution < 1.29 is 9.53 Å². The molecule has 3 aromatic rings. The van der Waals surface area contributed by atoms with Crippen LogP contribution in [0.1, 0.15) is 49.5 Å². The molecular weight excluding hydrogens is 376 g/mol. The van der Waals surface area contributed by atoms with Crippen molar-refractivity contribution in [3.63, 3.8) is 0 Å². The van der Waals surface area contributed by atoms with E-state index in [0.29, 0.717) is 23.2 Å². The second kappa shape index (κ2) is 9.11. The summed E-state index contributed by atoms with van der Waals surface area (Å²) < 4.78 is 5.93. The van der Waals surface area contributed by atoms with Gasteiger partial charge in [0.15, 0.2) is 0 Å². The number of anilines is 1. The van der Waals surface area contributed by atoms with Crippen LogP contribution in [0.5, 0.6) is 11.5 Å². The Balaban J connectivity index is 1.47. The number of hydrogen-bond acceptors (Lipinski definition) is 5. The van der Waals surface area contributed by atoms with Crippen LogP contribution in [0, 0.1) is 5.92 Å². The smallest absolute Gasteiger partial charge is 0.269 e. The lowest BCUT2D eigenvalue weighted by atomic mass is 9.84. The van der Waals surface area contributed by atoms with Gasteiger partial charge < -0.3 is 15.4 Å². The molecule has 6 heteroatoms. The van der Waals surface area contributed by atoms with Gasteiger partial charge in [0.2, 0.25) is 0 Å². The molecule has 30 heavy (non-hydrogen) atoms. The Hall–Kier alpha value is -3.15. The molecule has 1 saturated carbocycles. The molecule has 0 bridgehead atoms. The number of fused-ring (bicyclic) bond motifs is 1. The zero-order valence-corrected chi connectivity index (χ0v) is 17.5. The first-order valence-electron chi connectivity index (χ1n) is 10.7. The molecule has 6 nitrogen and oxygen atoms in total. The predicted octanol–water partition coefficient (Wildman–Crippen LogP) is 5.16. The molecule has 1 aromatic carbocycles. The molecule has 0 radical (unpaired) electrons. The van der Waals surface area contributed by atoms with Crippen LogP contribution in [0.2, 0.25) is 0 Å². The third kappa shape index (κ3) is 4.70. The quantitative estimate of drug-likeness (QED) is 0.593. The molecule has 1 fully saturated rings. The van der Waals surface area contributed by atoms with Crippen LogP contribution < -0.4 is 15.4 Å². The van der Waals surface area contributed by atoms with E-state index in [9.17, 15) is 4.79 Å². The van der Waals surface area contributed by atoms with Crippen LogP contribution >= 0.6 is 0 Å². The van der Waals surface area contributed by atoms with Crippen molar-refractivity contribution in [2.75, 3.05) is 12.4 Å². The lowest BCUT2D eigenvalue weighted by molar-refractivity contribution is 0.0958. The van der Waals surface area contributed by atoms with E-state index in [2.05, 4.69) is 28.6 Å². The first-order valence-corrected chi connectivity index (χ1v) is 10.7. The summed E-state index contributed by atoms with van der Waals surface area (Å²) in [6.07, 6.45) is 8.22. The molecule has 0 aliphatic heterocycles. The molecular formula is C24H28N4O2. The number of rotatable bonds is 6. The molecule has 156 valence electrons. The van der Waals surface area contributed by atoms with Crippen LogP contribution in [-0.2, 0) is 0 Å². The summed E-state index contributed by atoms with van der Waals surface area (Å²) in [5.41, 5.74) is 1.24. The Morgan fingerprint density at radius 2 is 1.87 bits per heavy atom. The average Bonchev–Trinajstić information content (AvgIpc) is 2.79. The topological polar surface area (TPSA) is 76.1 Å². The Morgan fingerprint density at radius 3 is 2.67 bits per heavy atom. The first kappa shape index (κ1) is 20.1. The first-order chi connectivity index (χ1) is 14.6. The number of nitrogens with zero attached hydrogens (tertiary/aromatic N) is 2. The van der Waals surface area contributed by atoms with Crippen molar-refractivity contribution in [3.8, 4) is 11.5 Å². The summed E-state index contributed by atoms with van der Waals surface area (Å²) in [5, 5.41) is 7.16. The number of amides is 1. The molecule has 1 aliphatic carbocycles. The lowest BCUT2D eigenvalue weighted by Crippen LogP contribution is -2.28. The molecule has 1 aliphatic rings. The molecule has 2 aromatic heterocycles. The number of carbonyl (C=O) groups excluding carboxylic acids is 1. The Kier molecular flexibility index (Phi) is 6.12. The summed E-state index contributed by atoms with van der Waals surface area (Å²) >= 11 is 0. The number of pyridine rings is 2. The summed E-state index contributed by atoms with van der Waals surface area (Å²) in [5.74, 6) is 2.65. The van der Waals surface area contributed by atoms with Gasteiger partial charge in [-0.25, -0.2) is 4.98 Å². The van der Waals surface area contributed by atoms with Crippen LogP contribution in [0.3, 0.4) is 0 Å². The average molecular weight is 405 g/mol. The highest BCUT2D eigenvalue weighted by Gasteiger charge is 2.20. The Labute approximate surface area is 177 Å². The number of benzene rings is 1. The highest BCUT2D eigenvalue weighted by Crippen LogP contribution is 2.29. The van der Waals surface area contributed by atoms with E-state index < -0.39 is 0 Å². The number of carbonyl (C=O) groups is 1. The highest BCUT2D eigenvalue weighted by molar-refractivity contribution is 5.92. The summed E-state index contributed by atoms with van der Waals surface area (Å²) in [7, 11) is 1.58. The van der Waals surface area contributed by atoms with Crippen molar-refractivity contribution in [2.24, 2.45) is 5.92 Å². The van der Waals surface area contributed by atoms with Crippen LogP contribution in [0.15, 0.2) is 48.7 Å². The zero-order chi connectivity index (χ0) is 20.9. The minimum atomic E-state index is -0.245. The van der Waals surface area contributed by atoms with Gasteiger partial charge in [-0.05, 0) is 62.1 Å². The number of aromatic nitrogens is 2. The monoisotopic (exact) mass is 404 g/mol. The van der Waals surface area contributed by atoms with Gasteiger partial charge >= 0.3 is 0 Å². The van der Waals surface area contributed by atoms with Gasteiger partial charge in [0.05, 0.1) is 5.52 Å². The summed E-state index contributed by atoms with van der Waals surface area (Å²) in [6.45, 7) is 2.26. The maximum Gasteiger partial charge on any atom is 0.269 e. The van der Waals surface area contributed by atoms with Gasteiger partial charge in [-0.1, -0.05) is 19.3 Å². The largest absolute Gasteiger partial charge is 0.457 e. The summed E-state index contributed by atoms with van der Waals surface area (Å²) in [4.78, 5) is 20.6. The molecule has 2 heterocycles. The van der Waals surface area contributed by atoms with Gasteiger partial charge in [-0.2, -0.15) is 0 Å². The van der Waals surface area contributed by atoms with Crippen molar-refractivity contribution >= 4 is 22.6 Å². The van der Waals surface area contributed by atoms with Crippen molar-refractivity contribution in [3.05, 3.63) is 54.4 Å². The van der Waals surface area contributed by atoms with E-state index in [1.165, 1.54) is 32.1 Å². The van der Waals surface area contributed by atoms with E-state index >= 15 is 0 Å². The number of nitrogens with one attached hydrogen (secondary N) is 2. The fourth-order valence-corrected chi connectivity index (χ4v) is 4.10. The Morgan fingerprint density at radius 1 is 1.07 bits per heavy atom. The van der Waals surface area contributed by atoms with E-state index in [4.69, 9.17) is 9.72 Å². The molecule has 4 rings (SSSR count). The van der Waals surface area contributed by atoms with Crippen molar-refractivity contribution in [2.45, 2.75) is 45.1 Å². The zero-order valence-electron chi connectivity index (χ0n) is 17.5. The Bertz CT molecular complexity index is 1030. The second-order valence-corrected chi connectivity index (χ2v) is 7.94. The van der Waals surface area contributed by atoms with E-state index in [1.54, 1.807) is 25.4 Å². The van der Waals surface area contributed by atoms with Crippen LogP contribution in [-0.4, -0.2) is 29.0 Å². The minimum Gasteiger partial charge on any atom is -0.457 e. The van der Waals surface area contributed by atoms with Crippen molar-refractivity contribution in [1.82, 2.24) is 15.3 Å². The second-order valence-electron chi connectivity index (χ2n) is 7.94. The standard InChI is InChI=1S/C24H28N4O2/c1-16(17-6-4-3-5-7-17)27-23-11-8-18-14-19(9-10-21(18)28-23)30-20-12-13-26-22(15-20)24(29)25-2/h8-17H,3-7H2,1-2H3,(H,25,29)(H,27,28)/t16-/m1/s1. The normalized spacial score (nSPS) is 15.5. The van der Waals surface area contributed by atoms with Gasteiger partial charge in [0, 0.05) is 30.7 Å². The van der Waals surface area contributed by atoms with E-state index in [-0.39, 0.29) is 5.91 Å². The third-order valence-electron chi connectivity index (χ3n) is 5.82. The van der Waals surface area contributed by atoms with Crippen LogP contribution in [0.25, 0.3) is 10.9 Å². The molecule has 0 spiro atoms. The molecule has 2 N–H and O–H groups in total. The van der Waals surface area contributed by atoms with E-state index in [1.807, 2.05) is 24.3 Å². The van der Waals surface area contributed by atoms with Gasteiger partial charge in [-0.15, -0.1) is 0 Å². The maximum atomic E-state index is 11.8. The summed E-state index contributed by atoms with van der Waals surface area (Å²) in [6, 6.07) is 13.7. The van der Waals surface area contributed by atoms with Gasteiger partial charge in [-0.3, -0.25) is 9.78 Å². The maximum absolute atomic E-state index is 11.8.